The van der Waals surface area contributed by atoms with Crippen molar-refractivity contribution in [3.63, 3.8) is 0 Å². The Morgan fingerprint density at radius 3 is 2.69 bits per heavy atom. The lowest BCUT2D eigenvalue weighted by Gasteiger charge is -2.09. The number of nitriles is 1. The van der Waals surface area contributed by atoms with Crippen LogP contribution in [0, 0.1) is 11.3 Å². The summed E-state index contributed by atoms with van der Waals surface area (Å²) >= 11 is 0. The van der Waals surface area contributed by atoms with Crippen LogP contribution in [0.15, 0.2) is 0 Å². The summed E-state index contributed by atoms with van der Waals surface area (Å²) in [5.74, 6) is 0. The van der Waals surface area contributed by atoms with Gasteiger partial charge in [0.05, 0.1) is 6.07 Å². The number of rotatable bonds is 5. The molecule has 5 heteroatoms. The summed E-state index contributed by atoms with van der Waals surface area (Å²) < 4.78 is 0. The second kappa shape index (κ2) is 7.37. The Labute approximate surface area is 78.7 Å². The maximum absolute atomic E-state index is 10.9. The van der Waals surface area contributed by atoms with E-state index in [9.17, 15) is 4.79 Å². The Bertz CT molecular complexity index is 185. The summed E-state index contributed by atoms with van der Waals surface area (Å²) in [7, 11) is 3.96. The Hall–Kier alpha value is -1.28. The van der Waals surface area contributed by atoms with E-state index in [2.05, 4.69) is 15.5 Å². The van der Waals surface area contributed by atoms with Crippen molar-refractivity contribution in [2.45, 2.75) is 6.42 Å². The zero-order valence-electron chi connectivity index (χ0n) is 8.13. The van der Waals surface area contributed by atoms with E-state index in [0.717, 1.165) is 13.0 Å². The molecule has 74 valence electrons. The van der Waals surface area contributed by atoms with Crippen LogP contribution in [0.1, 0.15) is 6.42 Å². The number of urea groups is 1. The first-order chi connectivity index (χ1) is 6.16. The Kier molecular flexibility index (Phi) is 6.65. The highest BCUT2D eigenvalue weighted by molar-refractivity contribution is 5.73. The normalized spacial score (nSPS) is 9.38. The van der Waals surface area contributed by atoms with E-state index in [-0.39, 0.29) is 12.6 Å². The molecule has 0 fully saturated rings. The number of hydrogen-bond donors (Lipinski definition) is 2. The largest absolute Gasteiger partial charge is 0.338 e. The summed E-state index contributed by atoms with van der Waals surface area (Å²) in [6.45, 7) is 1.63. The maximum Gasteiger partial charge on any atom is 0.315 e. The molecular weight excluding hydrogens is 168 g/mol. The minimum Gasteiger partial charge on any atom is -0.338 e. The van der Waals surface area contributed by atoms with Crippen LogP contribution in [-0.4, -0.2) is 44.7 Å². The van der Waals surface area contributed by atoms with Crippen LogP contribution in [-0.2, 0) is 0 Å². The van der Waals surface area contributed by atoms with Gasteiger partial charge in [-0.25, -0.2) is 4.79 Å². The van der Waals surface area contributed by atoms with Crippen LogP contribution in [0.5, 0.6) is 0 Å². The highest BCUT2D eigenvalue weighted by Gasteiger charge is 1.97. The predicted molar refractivity (Wildman–Crippen MR) is 50.2 cm³/mol. The van der Waals surface area contributed by atoms with Crippen LogP contribution in [0.3, 0.4) is 0 Å². The molecule has 0 heterocycles. The number of nitrogens with zero attached hydrogens (tertiary/aromatic N) is 2. The third kappa shape index (κ3) is 8.63. The molecule has 0 spiro atoms. The monoisotopic (exact) mass is 184 g/mol. The molecule has 0 aromatic heterocycles. The van der Waals surface area contributed by atoms with Gasteiger partial charge < -0.3 is 15.5 Å². The molecular formula is C8H16N4O. The summed E-state index contributed by atoms with van der Waals surface area (Å²) in [6.07, 6.45) is 0.910. The van der Waals surface area contributed by atoms with Crippen molar-refractivity contribution in [3.8, 4) is 6.07 Å². The van der Waals surface area contributed by atoms with Gasteiger partial charge in [0, 0.05) is 6.54 Å². The molecule has 0 bridgehead atoms. The third-order valence-electron chi connectivity index (χ3n) is 1.40. The molecule has 2 N–H and O–H groups in total. The summed E-state index contributed by atoms with van der Waals surface area (Å²) in [6, 6.07) is 1.55. The molecule has 0 aromatic carbocycles. The first-order valence-corrected chi connectivity index (χ1v) is 4.20. The van der Waals surface area contributed by atoms with Crippen molar-refractivity contribution in [1.29, 1.82) is 5.26 Å². The zero-order valence-corrected chi connectivity index (χ0v) is 8.13. The van der Waals surface area contributed by atoms with Gasteiger partial charge in [0.25, 0.3) is 0 Å². The summed E-state index contributed by atoms with van der Waals surface area (Å²) in [5.41, 5.74) is 0. The highest BCUT2D eigenvalue weighted by Crippen LogP contribution is 1.80. The van der Waals surface area contributed by atoms with E-state index in [4.69, 9.17) is 5.26 Å². The van der Waals surface area contributed by atoms with E-state index in [0.29, 0.717) is 6.54 Å². The summed E-state index contributed by atoms with van der Waals surface area (Å²) in [5, 5.41) is 13.2. The van der Waals surface area contributed by atoms with Gasteiger partial charge in [-0.3, -0.25) is 0 Å². The van der Waals surface area contributed by atoms with E-state index in [1.807, 2.05) is 20.2 Å². The van der Waals surface area contributed by atoms with Gasteiger partial charge in [0.1, 0.15) is 6.54 Å². The predicted octanol–water partition coefficient (Wildman–Crippen LogP) is -0.239. The highest BCUT2D eigenvalue weighted by atomic mass is 16.2. The Morgan fingerprint density at radius 2 is 2.15 bits per heavy atom. The van der Waals surface area contributed by atoms with Crippen molar-refractivity contribution in [1.82, 2.24) is 15.5 Å². The molecule has 0 saturated carbocycles. The lowest BCUT2D eigenvalue weighted by molar-refractivity contribution is 0.241. The fraction of sp³-hybridized carbons (Fsp3) is 0.750. The summed E-state index contributed by atoms with van der Waals surface area (Å²) in [4.78, 5) is 12.9. The lowest BCUT2D eigenvalue weighted by Crippen LogP contribution is -2.36. The van der Waals surface area contributed by atoms with Crippen LogP contribution in [0.2, 0.25) is 0 Å². The van der Waals surface area contributed by atoms with Crippen LogP contribution >= 0.6 is 0 Å². The van der Waals surface area contributed by atoms with Gasteiger partial charge in [0.15, 0.2) is 0 Å². The van der Waals surface area contributed by atoms with Crippen molar-refractivity contribution in [3.05, 3.63) is 0 Å². The number of amides is 2. The molecule has 0 aliphatic rings. The average molecular weight is 184 g/mol. The van der Waals surface area contributed by atoms with E-state index in [1.165, 1.54) is 0 Å². The molecule has 0 saturated heterocycles. The molecule has 5 nitrogen and oxygen atoms in total. The minimum atomic E-state index is -0.277. The number of carbonyl (C=O) groups excluding carboxylic acids is 1. The second-order valence-corrected chi connectivity index (χ2v) is 2.92. The van der Waals surface area contributed by atoms with Crippen LogP contribution in [0.25, 0.3) is 0 Å². The lowest BCUT2D eigenvalue weighted by atomic mass is 10.4. The van der Waals surface area contributed by atoms with Crippen molar-refractivity contribution >= 4 is 6.03 Å². The standard InChI is InChI=1S/C8H16N4O/c1-12(2)7-3-5-10-8(13)11-6-4-9/h3,5-7H2,1-2H3,(H2,10,11,13). The van der Waals surface area contributed by atoms with E-state index < -0.39 is 0 Å². The third-order valence-corrected chi connectivity index (χ3v) is 1.40. The van der Waals surface area contributed by atoms with Gasteiger partial charge in [0.2, 0.25) is 0 Å². The molecule has 0 aliphatic carbocycles. The van der Waals surface area contributed by atoms with Gasteiger partial charge in [-0.1, -0.05) is 0 Å². The maximum atomic E-state index is 10.9. The number of nitrogens with one attached hydrogen (secondary N) is 2. The molecule has 2 amide bonds. The quantitative estimate of drug-likeness (QED) is 0.458. The van der Waals surface area contributed by atoms with Crippen molar-refractivity contribution in [2.75, 3.05) is 33.7 Å². The first kappa shape index (κ1) is 11.7. The molecule has 0 unspecified atom stereocenters. The fourth-order valence-corrected chi connectivity index (χ4v) is 0.780. The topological polar surface area (TPSA) is 68.2 Å². The van der Waals surface area contributed by atoms with Gasteiger partial charge in [-0.2, -0.15) is 5.26 Å². The smallest absolute Gasteiger partial charge is 0.315 e. The van der Waals surface area contributed by atoms with Crippen molar-refractivity contribution in [2.24, 2.45) is 0 Å². The molecule has 0 aliphatic heterocycles. The van der Waals surface area contributed by atoms with E-state index in [1.54, 1.807) is 0 Å². The van der Waals surface area contributed by atoms with Crippen LogP contribution in [0.4, 0.5) is 4.79 Å². The van der Waals surface area contributed by atoms with Gasteiger partial charge >= 0.3 is 6.03 Å². The second-order valence-electron chi connectivity index (χ2n) is 2.92. The van der Waals surface area contributed by atoms with Crippen molar-refractivity contribution < 1.29 is 4.79 Å². The molecule has 0 rings (SSSR count). The minimum absolute atomic E-state index is 0.0551. The molecule has 0 atom stereocenters. The number of hydrogen-bond acceptors (Lipinski definition) is 3. The van der Waals surface area contributed by atoms with Gasteiger partial charge in [-0.15, -0.1) is 0 Å². The first-order valence-electron chi connectivity index (χ1n) is 4.20. The number of carbonyl (C=O) groups is 1. The van der Waals surface area contributed by atoms with Crippen LogP contribution < -0.4 is 10.6 Å². The zero-order chi connectivity index (χ0) is 10.1. The SMILES string of the molecule is CN(C)CCCNC(=O)NCC#N. The molecule has 0 aromatic rings. The average Bonchev–Trinajstić information content (AvgIpc) is 2.08. The Morgan fingerprint density at radius 1 is 1.46 bits per heavy atom. The Balaban J connectivity index is 3.23. The molecule has 0 radical (unpaired) electrons. The fourth-order valence-electron chi connectivity index (χ4n) is 0.780. The van der Waals surface area contributed by atoms with Gasteiger partial charge in [-0.05, 0) is 27.1 Å². The molecule has 13 heavy (non-hydrogen) atoms. The van der Waals surface area contributed by atoms with E-state index >= 15 is 0 Å².